The minimum Gasteiger partial charge on any atom is -0.398 e. The Morgan fingerprint density at radius 3 is 2.44 bits per heavy atom. The van der Waals surface area contributed by atoms with Crippen LogP contribution in [0.3, 0.4) is 0 Å². The fourth-order valence-corrected chi connectivity index (χ4v) is 3.03. The molecule has 4 rings (SSSR count). The molecule has 0 aliphatic carbocycles. The first-order valence-corrected chi connectivity index (χ1v) is 8.74. The number of nitrogens with two attached hydrogens (primary N) is 1. The number of para-hydroxylation sites is 2. The first-order valence-electron chi connectivity index (χ1n) is 8.74. The predicted octanol–water partition coefficient (Wildman–Crippen LogP) is 5.38. The third-order valence-electron chi connectivity index (χ3n) is 4.49. The van der Waals surface area contributed by atoms with Crippen LogP contribution in [0.1, 0.15) is 15.9 Å². The number of carbonyl (C=O) groups is 1. The highest BCUT2D eigenvalue weighted by molar-refractivity contribution is 6.07. The summed E-state index contributed by atoms with van der Waals surface area (Å²) in [6.45, 7) is 0. The Morgan fingerprint density at radius 2 is 1.59 bits per heavy atom. The third kappa shape index (κ3) is 3.48. The van der Waals surface area contributed by atoms with Gasteiger partial charge < -0.3 is 5.73 Å². The average Bonchev–Trinajstić information content (AvgIpc) is 2.73. The number of fused-ring (bicyclic) bond motifs is 1. The van der Waals surface area contributed by atoms with E-state index < -0.39 is 0 Å². The van der Waals surface area contributed by atoms with Crippen LogP contribution in [-0.2, 0) is 0 Å². The van der Waals surface area contributed by atoms with Gasteiger partial charge in [-0.25, -0.2) is 4.98 Å². The van der Waals surface area contributed by atoms with E-state index in [4.69, 9.17) is 10.7 Å². The molecule has 0 bridgehead atoms. The number of nitrogens with zero attached hydrogens (tertiary/aromatic N) is 1. The molecule has 27 heavy (non-hydrogen) atoms. The van der Waals surface area contributed by atoms with E-state index in [1.54, 1.807) is 24.3 Å². The summed E-state index contributed by atoms with van der Waals surface area (Å²) in [5, 5.41) is 1.09. The van der Waals surface area contributed by atoms with E-state index >= 15 is 0 Å². The van der Waals surface area contributed by atoms with E-state index in [2.05, 4.69) is 0 Å². The highest BCUT2D eigenvalue weighted by atomic mass is 16.1. The largest absolute Gasteiger partial charge is 0.398 e. The molecular formula is C24H18N2O. The van der Waals surface area contributed by atoms with Crippen molar-refractivity contribution >= 4 is 28.4 Å². The van der Waals surface area contributed by atoms with Crippen molar-refractivity contribution in [2.75, 3.05) is 5.73 Å². The molecule has 0 unspecified atom stereocenters. The number of hydrogen-bond acceptors (Lipinski definition) is 3. The first kappa shape index (κ1) is 16.7. The highest BCUT2D eigenvalue weighted by Crippen LogP contribution is 2.29. The zero-order valence-electron chi connectivity index (χ0n) is 14.7. The maximum Gasteiger partial charge on any atom is 0.185 e. The van der Waals surface area contributed by atoms with E-state index in [1.807, 2.05) is 72.8 Å². The second-order valence-electron chi connectivity index (χ2n) is 6.26. The number of aromatic nitrogens is 1. The lowest BCUT2D eigenvalue weighted by molar-refractivity contribution is 0.104. The fourth-order valence-electron chi connectivity index (χ4n) is 3.03. The summed E-state index contributed by atoms with van der Waals surface area (Å²) in [6, 6.07) is 26.9. The van der Waals surface area contributed by atoms with Crippen molar-refractivity contribution in [2.45, 2.75) is 0 Å². The summed E-state index contributed by atoms with van der Waals surface area (Å²) in [6.07, 6.45) is 3.31. The number of carbonyl (C=O) groups excluding carboxylic acids is 1. The maximum absolute atomic E-state index is 12.3. The topological polar surface area (TPSA) is 56.0 Å². The molecule has 3 heteroatoms. The van der Waals surface area contributed by atoms with Gasteiger partial charge in [-0.15, -0.1) is 0 Å². The van der Waals surface area contributed by atoms with Crippen molar-refractivity contribution in [3.8, 4) is 11.3 Å². The van der Waals surface area contributed by atoms with Crippen LogP contribution in [-0.4, -0.2) is 10.8 Å². The molecule has 1 heterocycles. The molecule has 0 radical (unpaired) electrons. The smallest absolute Gasteiger partial charge is 0.185 e. The SMILES string of the molecule is Nc1c(C=CC(=O)c2ccccc2)cccc1-c1ccc2ccccc2n1. The first-order chi connectivity index (χ1) is 13.2. The van der Waals surface area contributed by atoms with Crippen molar-refractivity contribution in [3.05, 3.63) is 102 Å². The van der Waals surface area contributed by atoms with Crippen molar-refractivity contribution in [1.82, 2.24) is 4.98 Å². The molecule has 0 fully saturated rings. The van der Waals surface area contributed by atoms with Gasteiger partial charge >= 0.3 is 0 Å². The molecule has 0 saturated heterocycles. The lowest BCUT2D eigenvalue weighted by Gasteiger charge is -2.09. The second-order valence-corrected chi connectivity index (χ2v) is 6.26. The Labute approximate surface area is 157 Å². The van der Waals surface area contributed by atoms with Gasteiger partial charge in [0, 0.05) is 22.2 Å². The van der Waals surface area contributed by atoms with Crippen LogP contribution in [0.5, 0.6) is 0 Å². The highest BCUT2D eigenvalue weighted by Gasteiger charge is 2.08. The van der Waals surface area contributed by atoms with Gasteiger partial charge in [-0.3, -0.25) is 4.79 Å². The Hall–Kier alpha value is -3.72. The molecule has 0 aliphatic rings. The van der Waals surface area contributed by atoms with Gasteiger partial charge in [-0.05, 0) is 29.8 Å². The molecule has 3 aromatic carbocycles. The Balaban J connectivity index is 1.68. The van der Waals surface area contributed by atoms with E-state index in [0.29, 0.717) is 11.3 Å². The number of rotatable bonds is 4. The lowest BCUT2D eigenvalue weighted by atomic mass is 10.0. The lowest BCUT2D eigenvalue weighted by Crippen LogP contribution is -1.97. The molecule has 4 aromatic rings. The van der Waals surface area contributed by atoms with Gasteiger partial charge in [0.05, 0.1) is 11.2 Å². The molecule has 0 atom stereocenters. The van der Waals surface area contributed by atoms with E-state index in [1.165, 1.54) is 0 Å². The Kier molecular flexibility index (Phi) is 4.50. The van der Waals surface area contributed by atoms with Gasteiger partial charge in [0.1, 0.15) is 0 Å². The van der Waals surface area contributed by atoms with Crippen molar-refractivity contribution in [1.29, 1.82) is 0 Å². The van der Waals surface area contributed by atoms with Crippen LogP contribution in [0.4, 0.5) is 5.69 Å². The monoisotopic (exact) mass is 350 g/mol. The summed E-state index contributed by atoms with van der Waals surface area (Å²) < 4.78 is 0. The van der Waals surface area contributed by atoms with Crippen LogP contribution in [0.25, 0.3) is 28.2 Å². The van der Waals surface area contributed by atoms with Crippen molar-refractivity contribution < 1.29 is 4.79 Å². The summed E-state index contributed by atoms with van der Waals surface area (Å²) in [5.41, 5.74) is 11.0. The van der Waals surface area contributed by atoms with Gasteiger partial charge in [0.25, 0.3) is 0 Å². The zero-order chi connectivity index (χ0) is 18.6. The summed E-state index contributed by atoms with van der Waals surface area (Å²) in [4.78, 5) is 17.0. The number of ketones is 1. The Bertz CT molecular complexity index is 1150. The van der Waals surface area contributed by atoms with Gasteiger partial charge in [-0.2, -0.15) is 0 Å². The minimum atomic E-state index is -0.0516. The van der Waals surface area contributed by atoms with E-state index in [-0.39, 0.29) is 5.78 Å². The van der Waals surface area contributed by atoms with Crippen molar-refractivity contribution in [3.63, 3.8) is 0 Å². The van der Waals surface area contributed by atoms with Crippen LogP contribution < -0.4 is 5.73 Å². The second kappa shape index (κ2) is 7.26. The van der Waals surface area contributed by atoms with Crippen molar-refractivity contribution in [2.24, 2.45) is 0 Å². The summed E-state index contributed by atoms with van der Waals surface area (Å²) >= 11 is 0. The minimum absolute atomic E-state index is 0.0516. The molecule has 2 N–H and O–H groups in total. The van der Waals surface area contributed by atoms with Gasteiger partial charge in [-0.1, -0.05) is 72.8 Å². The van der Waals surface area contributed by atoms with Crippen LogP contribution >= 0.6 is 0 Å². The number of allylic oxidation sites excluding steroid dienone is 1. The van der Waals surface area contributed by atoms with E-state index in [9.17, 15) is 4.79 Å². The summed E-state index contributed by atoms with van der Waals surface area (Å²) in [5.74, 6) is -0.0516. The standard InChI is InChI=1S/C24H18N2O/c25-24-19(14-16-23(27)18-8-2-1-3-9-18)10-6-11-20(24)22-15-13-17-7-4-5-12-21(17)26-22/h1-16H,25H2. The number of nitrogen functional groups attached to an aromatic ring is 1. The van der Waals surface area contributed by atoms with Crippen LogP contribution in [0.15, 0.2) is 91.0 Å². The molecule has 1 aromatic heterocycles. The van der Waals surface area contributed by atoms with Gasteiger partial charge in [0.2, 0.25) is 0 Å². The fraction of sp³-hybridized carbons (Fsp3) is 0. The number of anilines is 1. The number of hydrogen-bond donors (Lipinski definition) is 1. The quantitative estimate of drug-likeness (QED) is 0.305. The maximum atomic E-state index is 12.3. The van der Waals surface area contributed by atoms with E-state index in [0.717, 1.165) is 27.7 Å². The molecule has 0 aliphatic heterocycles. The molecule has 130 valence electrons. The molecule has 0 amide bonds. The molecule has 0 saturated carbocycles. The molecular weight excluding hydrogens is 332 g/mol. The van der Waals surface area contributed by atoms with Crippen LogP contribution in [0, 0.1) is 0 Å². The number of pyridine rings is 1. The van der Waals surface area contributed by atoms with Gasteiger partial charge in [0.15, 0.2) is 5.78 Å². The van der Waals surface area contributed by atoms with Crippen LogP contribution in [0.2, 0.25) is 0 Å². The zero-order valence-corrected chi connectivity index (χ0v) is 14.7. The average molecular weight is 350 g/mol. The summed E-state index contributed by atoms with van der Waals surface area (Å²) in [7, 11) is 0. The predicted molar refractivity (Wildman–Crippen MR) is 111 cm³/mol. The normalized spacial score (nSPS) is 11.1. The Morgan fingerprint density at radius 1 is 0.815 bits per heavy atom. The number of benzene rings is 3. The molecule has 3 nitrogen and oxygen atoms in total. The third-order valence-corrected chi connectivity index (χ3v) is 4.49. The molecule has 0 spiro atoms.